The maximum Gasteiger partial charge on any atom is 0.404 e. The first-order chi connectivity index (χ1) is 8.41. The second-order valence-corrected chi connectivity index (χ2v) is 4.19. The smallest absolute Gasteiger partial charge is 0.404 e. The van der Waals surface area contributed by atoms with Crippen LogP contribution in [-0.2, 0) is 4.74 Å². The summed E-state index contributed by atoms with van der Waals surface area (Å²) >= 11 is 0. The number of hydrogen-bond donors (Lipinski definition) is 3. The van der Waals surface area contributed by atoms with Gasteiger partial charge in [-0.15, -0.1) is 0 Å². The van der Waals surface area contributed by atoms with Gasteiger partial charge in [-0.25, -0.2) is 14.8 Å². The minimum atomic E-state index is -0.793. The van der Waals surface area contributed by atoms with Gasteiger partial charge in [0, 0.05) is 11.5 Å². The second kappa shape index (κ2) is 6.04. The number of anilines is 2. The summed E-state index contributed by atoms with van der Waals surface area (Å²) < 4.78 is 4.61. The average molecular weight is 253 g/mol. The van der Waals surface area contributed by atoms with Crippen LogP contribution in [0.15, 0.2) is 0 Å². The normalized spacial score (nSPS) is 10.4. The first-order valence-electron chi connectivity index (χ1n) is 5.72. The SMILES string of the molecule is Cc1c(N)nc(C(C)C)nc1NCCOC(N)=O. The Morgan fingerprint density at radius 2 is 2.11 bits per heavy atom. The summed E-state index contributed by atoms with van der Waals surface area (Å²) in [6.07, 6.45) is -0.793. The minimum absolute atomic E-state index is 0.176. The van der Waals surface area contributed by atoms with Gasteiger partial charge in [0.25, 0.3) is 0 Å². The zero-order valence-electron chi connectivity index (χ0n) is 10.9. The van der Waals surface area contributed by atoms with E-state index in [0.717, 1.165) is 5.56 Å². The summed E-state index contributed by atoms with van der Waals surface area (Å²) in [5, 5.41) is 3.04. The summed E-state index contributed by atoms with van der Waals surface area (Å²) in [5.41, 5.74) is 11.4. The highest BCUT2D eigenvalue weighted by Gasteiger charge is 2.10. The number of ether oxygens (including phenoxy) is 1. The number of carbonyl (C=O) groups excluding carboxylic acids is 1. The van der Waals surface area contributed by atoms with Gasteiger partial charge in [0.1, 0.15) is 24.1 Å². The van der Waals surface area contributed by atoms with Crippen molar-refractivity contribution in [3.8, 4) is 0 Å². The van der Waals surface area contributed by atoms with E-state index >= 15 is 0 Å². The van der Waals surface area contributed by atoms with Crippen molar-refractivity contribution in [1.82, 2.24) is 9.97 Å². The Morgan fingerprint density at radius 3 is 2.67 bits per heavy atom. The highest BCUT2D eigenvalue weighted by atomic mass is 16.5. The topological polar surface area (TPSA) is 116 Å². The fourth-order valence-corrected chi connectivity index (χ4v) is 1.30. The number of amides is 1. The van der Waals surface area contributed by atoms with Gasteiger partial charge in [0.2, 0.25) is 0 Å². The number of nitrogens with one attached hydrogen (secondary N) is 1. The van der Waals surface area contributed by atoms with Crippen LogP contribution in [0.25, 0.3) is 0 Å². The van der Waals surface area contributed by atoms with Crippen molar-refractivity contribution in [1.29, 1.82) is 0 Å². The lowest BCUT2D eigenvalue weighted by molar-refractivity contribution is 0.161. The summed E-state index contributed by atoms with van der Waals surface area (Å²) in [5.74, 6) is 1.97. The molecule has 0 aliphatic rings. The lowest BCUT2D eigenvalue weighted by Gasteiger charge is -2.13. The molecule has 1 rings (SSSR count). The molecule has 0 aliphatic carbocycles. The van der Waals surface area contributed by atoms with Crippen LogP contribution in [0.1, 0.15) is 31.2 Å². The van der Waals surface area contributed by atoms with Crippen molar-refractivity contribution in [3.05, 3.63) is 11.4 Å². The fraction of sp³-hybridized carbons (Fsp3) is 0.545. The molecule has 0 bridgehead atoms. The minimum Gasteiger partial charge on any atom is -0.448 e. The van der Waals surface area contributed by atoms with Gasteiger partial charge in [0.05, 0.1) is 6.54 Å². The molecule has 0 atom stereocenters. The number of rotatable bonds is 5. The van der Waals surface area contributed by atoms with Gasteiger partial charge in [0.15, 0.2) is 0 Å². The first-order valence-corrected chi connectivity index (χ1v) is 5.72. The maximum atomic E-state index is 10.4. The highest BCUT2D eigenvalue weighted by Crippen LogP contribution is 2.20. The first kappa shape index (κ1) is 14.0. The molecule has 1 amide bonds. The average Bonchev–Trinajstić information content (AvgIpc) is 2.28. The molecule has 0 saturated carbocycles. The Bertz CT molecular complexity index is 434. The largest absolute Gasteiger partial charge is 0.448 e. The van der Waals surface area contributed by atoms with Crippen LogP contribution in [-0.4, -0.2) is 29.2 Å². The quantitative estimate of drug-likeness (QED) is 0.674. The Labute approximate surface area is 106 Å². The van der Waals surface area contributed by atoms with E-state index in [1.807, 2.05) is 20.8 Å². The number of carbonyl (C=O) groups is 1. The zero-order chi connectivity index (χ0) is 13.7. The molecule has 0 spiro atoms. The van der Waals surface area contributed by atoms with Crippen molar-refractivity contribution in [3.63, 3.8) is 0 Å². The zero-order valence-corrected chi connectivity index (χ0v) is 10.9. The number of primary amides is 1. The van der Waals surface area contributed by atoms with Gasteiger partial charge < -0.3 is 21.5 Å². The second-order valence-electron chi connectivity index (χ2n) is 4.19. The molecule has 0 aromatic carbocycles. The third-order valence-electron chi connectivity index (χ3n) is 2.36. The van der Waals surface area contributed by atoms with E-state index in [-0.39, 0.29) is 12.5 Å². The molecule has 0 unspecified atom stereocenters. The standard InChI is InChI=1S/C11H19N5O2/c1-6(2)9-15-8(12)7(3)10(16-9)14-4-5-18-11(13)17/h6H,4-5H2,1-3H3,(H2,13,17)(H3,12,14,15,16). The van der Waals surface area contributed by atoms with Crippen molar-refractivity contribution in [2.45, 2.75) is 26.7 Å². The Hall–Kier alpha value is -2.05. The van der Waals surface area contributed by atoms with Crippen LogP contribution in [0, 0.1) is 6.92 Å². The van der Waals surface area contributed by atoms with E-state index in [2.05, 4.69) is 20.0 Å². The Morgan fingerprint density at radius 1 is 1.44 bits per heavy atom. The molecule has 100 valence electrons. The number of nitrogens with two attached hydrogens (primary N) is 2. The summed E-state index contributed by atoms with van der Waals surface area (Å²) in [4.78, 5) is 19.0. The molecule has 7 heteroatoms. The van der Waals surface area contributed by atoms with Crippen molar-refractivity contribution < 1.29 is 9.53 Å². The molecule has 0 saturated heterocycles. The monoisotopic (exact) mass is 253 g/mol. The van der Waals surface area contributed by atoms with Gasteiger partial charge in [-0.05, 0) is 6.92 Å². The Balaban J connectivity index is 2.72. The molecule has 0 aliphatic heterocycles. The molecular weight excluding hydrogens is 234 g/mol. The third kappa shape index (κ3) is 3.76. The van der Waals surface area contributed by atoms with E-state index in [4.69, 9.17) is 11.5 Å². The van der Waals surface area contributed by atoms with E-state index in [1.165, 1.54) is 0 Å². The van der Waals surface area contributed by atoms with Crippen LogP contribution >= 0.6 is 0 Å². The number of nitrogens with zero attached hydrogens (tertiary/aromatic N) is 2. The van der Waals surface area contributed by atoms with Crippen LogP contribution in [0.4, 0.5) is 16.4 Å². The molecule has 0 radical (unpaired) electrons. The fourth-order valence-electron chi connectivity index (χ4n) is 1.30. The molecule has 18 heavy (non-hydrogen) atoms. The molecule has 0 fully saturated rings. The number of aromatic nitrogens is 2. The van der Waals surface area contributed by atoms with Gasteiger partial charge in [-0.1, -0.05) is 13.8 Å². The van der Waals surface area contributed by atoms with E-state index < -0.39 is 6.09 Å². The van der Waals surface area contributed by atoms with Gasteiger partial charge in [-0.3, -0.25) is 0 Å². The number of nitrogen functional groups attached to an aromatic ring is 1. The van der Waals surface area contributed by atoms with Crippen LogP contribution in [0.5, 0.6) is 0 Å². The van der Waals surface area contributed by atoms with Crippen LogP contribution in [0.3, 0.4) is 0 Å². The maximum absolute atomic E-state index is 10.4. The summed E-state index contributed by atoms with van der Waals surface area (Å²) in [7, 11) is 0. The summed E-state index contributed by atoms with van der Waals surface area (Å²) in [6, 6.07) is 0. The van der Waals surface area contributed by atoms with Gasteiger partial charge >= 0.3 is 6.09 Å². The lowest BCUT2D eigenvalue weighted by Crippen LogP contribution is -2.19. The molecule has 1 aromatic heterocycles. The third-order valence-corrected chi connectivity index (χ3v) is 2.36. The van der Waals surface area contributed by atoms with Crippen LogP contribution < -0.4 is 16.8 Å². The van der Waals surface area contributed by atoms with Crippen molar-refractivity contribution in [2.24, 2.45) is 5.73 Å². The Kier molecular flexibility index (Phi) is 4.70. The molecular formula is C11H19N5O2. The van der Waals surface area contributed by atoms with Crippen molar-refractivity contribution in [2.75, 3.05) is 24.2 Å². The molecule has 5 N–H and O–H groups in total. The van der Waals surface area contributed by atoms with Crippen molar-refractivity contribution >= 4 is 17.7 Å². The highest BCUT2D eigenvalue weighted by molar-refractivity contribution is 5.64. The summed E-state index contributed by atoms with van der Waals surface area (Å²) in [6.45, 7) is 6.40. The molecule has 7 nitrogen and oxygen atoms in total. The predicted molar refractivity (Wildman–Crippen MR) is 69.3 cm³/mol. The predicted octanol–water partition coefficient (Wildman–Crippen LogP) is 0.998. The van der Waals surface area contributed by atoms with Gasteiger partial charge in [-0.2, -0.15) is 0 Å². The lowest BCUT2D eigenvalue weighted by atomic mass is 10.2. The van der Waals surface area contributed by atoms with E-state index in [1.54, 1.807) is 0 Å². The molecule has 1 aromatic rings. The van der Waals surface area contributed by atoms with E-state index in [0.29, 0.717) is 24.0 Å². The van der Waals surface area contributed by atoms with Crippen LogP contribution in [0.2, 0.25) is 0 Å². The number of hydrogen-bond acceptors (Lipinski definition) is 6. The molecule has 1 heterocycles. The van der Waals surface area contributed by atoms with E-state index in [9.17, 15) is 4.79 Å².